The molecule has 1 unspecified atom stereocenters. The minimum atomic E-state index is -1.48. The van der Waals surface area contributed by atoms with Crippen LogP contribution in [0.3, 0.4) is 0 Å². The van der Waals surface area contributed by atoms with Crippen molar-refractivity contribution in [2.24, 2.45) is 0 Å². The normalized spacial score (nSPS) is 13.2. The molecule has 0 aromatic heterocycles. The Labute approximate surface area is 187 Å². The molecule has 1 aliphatic rings. The van der Waals surface area contributed by atoms with Crippen LogP contribution in [0.4, 0.5) is 13.6 Å². The van der Waals surface area contributed by atoms with Crippen molar-refractivity contribution in [3.63, 3.8) is 0 Å². The van der Waals surface area contributed by atoms with Gasteiger partial charge in [-0.15, -0.1) is 0 Å². The second-order valence-corrected chi connectivity index (χ2v) is 7.78. The summed E-state index contributed by atoms with van der Waals surface area (Å²) in [6, 6.07) is 16.1. The summed E-state index contributed by atoms with van der Waals surface area (Å²) in [4.78, 5) is 23.9. The topological polar surface area (TPSA) is 75.6 Å². The summed E-state index contributed by atoms with van der Waals surface area (Å²) in [5.41, 5.74) is 4.01. The van der Waals surface area contributed by atoms with Crippen molar-refractivity contribution in [3.05, 3.63) is 94.0 Å². The smallest absolute Gasteiger partial charge is 0.407 e. The Morgan fingerprint density at radius 1 is 1.00 bits per heavy atom. The molecule has 0 heterocycles. The summed E-state index contributed by atoms with van der Waals surface area (Å²) < 4.78 is 32.8. The Morgan fingerprint density at radius 2 is 1.59 bits per heavy atom. The average Bonchev–Trinajstić information content (AvgIpc) is 3.11. The van der Waals surface area contributed by atoms with E-state index in [-0.39, 0.29) is 18.1 Å². The Balaban J connectivity index is 1.45. The molecule has 0 saturated carbocycles. The van der Waals surface area contributed by atoms with Gasteiger partial charge >= 0.3 is 12.1 Å². The Hall–Kier alpha value is -3.45. The van der Waals surface area contributed by atoms with Gasteiger partial charge < -0.3 is 15.2 Å². The minimum absolute atomic E-state index is 0.00291. The lowest BCUT2D eigenvalue weighted by Gasteiger charge is -2.18. The zero-order chi connectivity index (χ0) is 22.8. The molecule has 0 spiro atoms. The molecule has 8 heteroatoms. The molecule has 164 valence electrons. The molecular formula is C24H18ClF2NO4. The van der Waals surface area contributed by atoms with E-state index in [4.69, 9.17) is 16.3 Å². The lowest BCUT2D eigenvalue weighted by Crippen LogP contribution is -2.43. The van der Waals surface area contributed by atoms with Crippen molar-refractivity contribution in [2.45, 2.75) is 18.4 Å². The highest BCUT2D eigenvalue weighted by molar-refractivity contribution is 6.30. The molecule has 32 heavy (non-hydrogen) atoms. The van der Waals surface area contributed by atoms with Crippen molar-refractivity contribution >= 4 is 23.7 Å². The van der Waals surface area contributed by atoms with Gasteiger partial charge in [0, 0.05) is 12.3 Å². The highest BCUT2D eigenvalue weighted by atomic mass is 35.5. The third-order valence-electron chi connectivity index (χ3n) is 5.47. The number of carboxylic acid groups (broad SMARTS) is 1. The monoisotopic (exact) mass is 457 g/mol. The molecule has 0 radical (unpaired) electrons. The number of fused-ring (bicyclic) bond motifs is 3. The van der Waals surface area contributed by atoms with Crippen LogP contribution in [-0.2, 0) is 16.0 Å². The number of carbonyl (C=O) groups excluding carboxylic acids is 1. The third kappa shape index (κ3) is 4.16. The number of hydrogen-bond donors (Lipinski definition) is 2. The predicted octanol–water partition coefficient (Wildman–Crippen LogP) is 5.15. The summed E-state index contributed by atoms with van der Waals surface area (Å²) in [7, 11) is 0. The van der Waals surface area contributed by atoms with Crippen LogP contribution >= 0.6 is 11.6 Å². The van der Waals surface area contributed by atoms with Crippen LogP contribution in [0, 0.1) is 11.6 Å². The van der Waals surface area contributed by atoms with Crippen LogP contribution in [0.25, 0.3) is 11.1 Å². The number of carboxylic acids is 1. The molecular weight excluding hydrogens is 440 g/mol. The summed E-state index contributed by atoms with van der Waals surface area (Å²) in [5, 5.41) is 10.9. The van der Waals surface area contributed by atoms with E-state index in [2.05, 4.69) is 5.32 Å². The van der Waals surface area contributed by atoms with Crippen LogP contribution in [0.15, 0.2) is 60.7 Å². The number of halogens is 3. The number of alkyl carbamates (subject to hydrolysis) is 1. The third-order valence-corrected chi connectivity index (χ3v) is 5.82. The van der Waals surface area contributed by atoms with Gasteiger partial charge in [-0.2, -0.15) is 0 Å². The summed E-state index contributed by atoms with van der Waals surface area (Å²) in [5.74, 6) is -3.60. The van der Waals surface area contributed by atoms with Crippen molar-refractivity contribution in [1.29, 1.82) is 0 Å². The van der Waals surface area contributed by atoms with Crippen molar-refractivity contribution in [3.8, 4) is 11.1 Å². The second-order valence-electron chi connectivity index (χ2n) is 7.40. The van der Waals surface area contributed by atoms with Gasteiger partial charge in [0.25, 0.3) is 0 Å². The van der Waals surface area contributed by atoms with Gasteiger partial charge in [-0.1, -0.05) is 66.2 Å². The van der Waals surface area contributed by atoms with E-state index in [1.807, 2.05) is 48.5 Å². The summed E-state index contributed by atoms with van der Waals surface area (Å²) in [6.45, 7) is 0.00291. The Morgan fingerprint density at radius 3 is 2.19 bits per heavy atom. The number of rotatable bonds is 6. The van der Waals surface area contributed by atoms with Crippen LogP contribution in [0.5, 0.6) is 0 Å². The first-order valence-corrected chi connectivity index (χ1v) is 10.2. The van der Waals surface area contributed by atoms with Crippen LogP contribution in [0.2, 0.25) is 5.02 Å². The molecule has 5 nitrogen and oxygen atoms in total. The molecule has 0 bridgehead atoms. The van der Waals surface area contributed by atoms with Crippen molar-refractivity contribution in [1.82, 2.24) is 5.32 Å². The number of nitrogens with one attached hydrogen (secondary N) is 1. The van der Waals surface area contributed by atoms with Crippen molar-refractivity contribution in [2.75, 3.05) is 6.61 Å². The van der Waals surface area contributed by atoms with Gasteiger partial charge in [0.05, 0.1) is 0 Å². The Bertz CT molecular complexity index is 1150. The predicted molar refractivity (Wildman–Crippen MR) is 115 cm³/mol. The first-order chi connectivity index (χ1) is 15.4. The first kappa shape index (κ1) is 21.8. The van der Waals surface area contributed by atoms with Gasteiger partial charge in [-0.25, -0.2) is 18.4 Å². The maximum Gasteiger partial charge on any atom is 0.407 e. The second kappa shape index (κ2) is 8.96. The maximum absolute atomic E-state index is 14.1. The Kier molecular flexibility index (Phi) is 6.10. The zero-order valence-corrected chi connectivity index (χ0v) is 17.4. The van der Waals surface area contributed by atoms with E-state index in [0.29, 0.717) is 0 Å². The number of hydrogen-bond acceptors (Lipinski definition) is 3. The van der Waals surface area contributed by atoms with E-state index in [1.54, 1.807) is 0 Å². The number of carbonyl (C=O) groups is 2. The quantitative estimate of drug-likeness (QED) is 0.502. The lowest BCUT2D eigenvalue weighted by molar-refractivity contribution is -0.139. The van der Waals surface area contributed by atoms with Gasteiger partial charge in [-0.3, -0.25) is 0 Å². The van der Waals surface area contributed by atoms with E-state index >= 15 is 0 Å². The fourth-order valence-electron chi connectivity index (χ4n) is 3.93. The van der Waals surface area contributed by atoms with Crippen LogP contribution in [-0.4, -0.2) is 29.8 Å². The molecule has 1 atom stereocenters. The van der Waals surface area contributed by atoms with E-state index in [9.17, 15) is 23.5 Å². The molecule has 1 amide bonds. The summed E-state index contributed by atoms with van der Waals surface area (Å²) in [6.07, 6.45) is -1.38. The van der Waals surface area contributed by atoms with Gasteiger partial charge in [0.1, 0.15) is 29.3 Å². The number of aliphatic carboxylic acids is 1. The minimum Gasteiger partial charge on any atom is -0.480 e. The SMILES string of the molecule is O=C(NC(Cc1ccc(F)c(Cl)c1F)C(=O)O)OCC1c2ccccc2-c2ccccc21. The first-order valence-electron chi connectivity index (χ1n) is 9.83. The molecule has 2 N–H and O–H groups in total. The molecule has 3 aromatic carbocycles. The largest absolute Gasteiger partial charge is 0.480 e. The zero-order valence-electron chi connectivity index (χ0n) is 16.6. The van der Waals surface area contributed by atoms with Gasteiger partial charge in [0.15, 0.2) is 0 Å². The van der Waals surface area contributed by atoms with Gasteiger partial charge in [-0.05, 0) is 33.9 Å². The molecule has 4 rings (SSSR count). The molecule has 0 fully saturated rings. The molecule has 3 aromatic rings. The summed E-state index contributed by atoms with van der Waals surface area (Å²) >= 11 is 5.55. The number of ether oxygens (including phenoxy) is 1. The van der Waals surface area contributed by atoms with Gasteiger partial charge in [0.2, 0.25) is 0 Å². The number of benzene rings is 3. The van der Waals surface area contributed by atoms with E-state index < -0.39 is 41.2 Å². The van der Waals surface area contributed by atoms with E-state index in [1.165, 1.54) is 0 Å². The average molecular weight is 458 g/mol. The molecule has 0 saturated heterocycles. The van der Waals surface area contributed by atoms with E-state index in [0.717, 1.165) is 34.4 Å². The van der Waals surface area contributed by atoms with Crippen LogP contribution in [0.1, 0.15) is 22.6 Å². The fraction of sp³-hybridized carbons (Fsp3) is 0.167. The highest BCUT2D eigenvalue weighted by Gasteiger charge is 2.30. The lowest BCUT2D eigenvalue weighted by atomic mass is 9.98. The van der Waals surface area contributed by atoms with Crippen LogP contribution < -0.4 is 5.32 Å². The maximum atomic E-state index is 14.1. The highest BCUT2D eigenvalue weighted by Crippen LogP contribution is 2.44. The number of amides is 1. The van der Waals surface area contributed by atoms with Crippen molar-refractivity contribution < 1.29 is 28.2 Å². The standard InChI is InChI=1S/C24H18ClF2NO4/c25-21-19(26)10-9-13(22(21)27)11-20(23(29)30)28-24(31)32-12-18-16-7-3-1-5-14(16)15-6-2-4-8-17(15)18/h1-10,18,20H,11-12H2,(H,28,31)(H,29,30). The molecule has 1 aliphatic carbocycles. The fourth-order valence-corrected chi connectivity index (χ4v) is 4.11. The molecule has 0 aliphatic heterocycles.